The number of hydrogen-bond donors (Lipinski definition) is 2. The van der Waals surface area contributed by atoms with Gasteiger partial charge in [-0.05, 0) is 42.8 Å². The largest absolute Gasteiger partial charge is 0.350 e. The van der Waals surface area contributed by atoms with E-state index in [1.54, 1.807) is 36.7 Å². The van der Waals surface area contributed by atoms with E-state index in [2.05, 4.69) is 25.6 Å². The highest BCUT2D eigenvalue weighted by molar-refractivity contribution is 6.04. The number of benzene rings is 1. The first-order chi connectivity index (χ1) is 12.6. The third kappa shape index (κ3) is 4.47. The number of anilines is 2. The van der Waals surface area contributed by atoms with Gasteiger partial charge in [-0.25, -0.2) is 9.97 Å². The van der Waals surface area contributed by atoms with Gasteiger partial charge in [0.05, 0.1) is 5.56 Å². The van der Waals surface area contributed by atoms with Gasteiger partial charge in [0.15, 0.2) is 5.78 Å². The highest BCUT2D eigenvalue weighted by atomic mass is 16.1. The van der Waals surface area contributed by atoms with E-state index in [9.17, 15) is 9.59 Å². The lowest BCUT2D eigenvalue weighted by Crippen LogP contribution is -2.13. The van der Waals surface area contributed by atoms with Crippen LogP contribution in [0.15, 0.2) is 61.2 Å². The Balaban J connectivity index is 1.58. The molecule has 3 aromatic rings. The Bertz CT molecular complexity index is 893. The molecule has 3 rings (SSSR count). The molecule has 1 aromatic carbocycles. The van der Waals surface area contributed by atoms with Gasteiger partial charge in [-0.1, -0.05) is 6.07 Å². The van der Waals surface area contributed by atoms with Crippen LogP contribution < -0.4 is 10.6 Å². The average molecular weight is 347 g/mol. The second-order valence-electron chi connectivity index (χ2n) is 5.60. The van der Waals surface area contributed by atoms with Crippen LogP contribution in [0.25, 0.3) is 0 Å². The molecule has 0 aliphatic heterocycles. The zero-order chi connectivity index (χ0) is 18.4. The fourth-order valence-electron chi connectivity index (χ4n) is 2.21. The Kier molecular flexibility index (Phi) is 5.28. The van der Waals surface area contributed by atoms with E-state index in [-0.39, 0.29) is 11.7 Å². The molecule has 0 fully saturated rings. The minimum atomic E-state index is -0.320. The molecule has 0 bridgehead atoms. The Morgan fingerprint density at radius 2 is 1.69 bits per heavy atom. The first kappa shape index (κ1) is 17.2. The van der Waals surface area contributed by atoms with Crippen LogP contribution in [0, 0.1) is 0 Å². The van der Waals surface area contributed by atoms with Crippen LogP contribution >= 0.6 is 0 Å². The van der Waals surface area contributed by atoms with Crippen molar-refractivity contribution in [2.75, 3.05) is 10.6 Å². The molecular formula is C19H17N5O2. The summed E-state index contributed by atoms with van der Waals surface area (Å²) in [5, 5.41) is 5.81. The van der Waals surface area contributed by atoms with E-state index >= 15 is 0 Å². The van der Waals surface area contributed by atoms with Crippen LogP contribution in [0.5, 0.6) is 0 Å². The normalized spacial score (nSPS) is 10.2. The molecule has 7 heteroatoms. The smallest absolute Gasteiger partial charge is 0.258 e. The maximum atomic E-state index is 12.2. The molecule has 1 amide bonds. The van der Waals surface area contributed by atoms with Crippen molar-refractivity contribution >= 4 is 23.3 Å². The van der Waals surface area contributed by atoms with E-state index < -0.39 is 0 Å². The Morgan fingerprint density at radius 1 is 0.962 bits per heavy atom. The number of nitrogens with one attached hydrogen (secondary N) is 2. The monoisotopic (exact) mass is 347 g/mol. The fourth-order valence-corrected chi connectivity index (χ4v) is 2.21. The zero-order valence-corrected chi connectivity index (χ0v) is 14.1. The van der Waals surface area contributed by atoms with Gasteiger partial charge in [0.1, 0.15) is 0 Å². The van der Waals surface area contributed by atoms with Crippen molar-refractivity contribution in [2.45, 2.75) is 13.5 Å². The summed E-state index contributed by atoms with van der Waals surface area (Å²) in [5.41, 5.74) is 2.54. The zero-order valence-electron chi connectivity index (χ0n) is 14.1. The number of Topliss-reactive ketones (excluding diaryl/α,β-unsaturated/α-hetero) is 1. The van der Waals surface area contributed by atoms with Crippen molar-refractivity contribution in [3.63, 3.8) is 0 Å². The van der Waals surface area contributed by atoms with Crippen LogP contribution in [0.4, 0.5) is 11.6 Å². The fraction of sp³-hybridized carbons (Fsp3) is 0.105. The number of carbonyl (C=O) groups is 2. The molecule has 2 N–H and O–H groups in total. The lowest BCUT2D eigenvalue weighted by Gasteiger charge is -2.07. The first-order valence-corrected chi connectivity index (χ1v) is 7.99. The summed E-state index contributed by atoms with van der Waals surface area (Å²) >= 11 is 0. The number of nitrogens with zero attached hydrogens (tertiary/aromatic N) is 3. The van der Waals surface area contributed by atoms with Crippen LogP contribution in [-0.4, -0.2) is 26.6 Å². The highest BCUT2D eigenvalue weighted by Crippen LogP contribution is 2.12. The second-order valence-corrected chi connectivity index (χ2v) is 5.60. The van der Waals surface area contributed by atoms with E-state index in [4.69, 9.17) is 0 Å². The number of aromatic nitrogens is 3. The van der Waals surface area contributed by atoms with Gasteiger partial charge in [-0.2, -0.15) is 0 Å². The molecule has 0 saturated carbocycles. The van der Waals surface area contributed by atoms with Gasteiger partial charge in [0.25, 0.3) is 5.91 Å². The van der Waals surface area contributed by atoms with Crippen LogP contribution in [0.2, 0.25) is 0 Å². The van der Waals surface area contributed by atoms with Crippen molar-refractivity contribution in [3.8, 4) is 0 Å². The van der Waals surface area contributed by atoms with Crippen molar-refractivity contribution < 1.29 is 9.59 Å². The van der Waals surface area contributed by atoms with Gasteiger partial charge >= 0.3 is 0 Å². The lowest BCUT2D eigenvalue weighted by atomic mass is 10.1. The van der Waals surface area contributed by atoms with Crippen molar-refractivity contribution in [1.82, 2.24) is 15.0 Å². The van der Waals surface area contributed by atoms with Crippen molar-refractivity contribution in [2.24, 2.45) is 0 Å². The number of carbonyl (C=O) groups excluding carboxylic acids is 2. The summed E-state index contributed by atoms with van der Waals surface area (Å²) in [6.45, 7) is 2.04. The summed E-state index contributed by atoms with van der Waals surface area (Å²) in [7, 11) is 0. The Morgan fingerprint density at radius 3 is 2.31 bits per heavy atom. The topological polar surface area (TPSA) is 96.9 Å². The van der Waals surface area contributed by atoms with Gasteiger partial charge in [-0.3, -0.25) is 14.6 Å². The highest BCUT2D eigenvalue weighted by Gasteiger charge is 2.08. The predicted octanol–water partition coefficient (Wildman–Crippen LogP) is 2.94. The second kappa shape index (κ2) is 7.98. The molecule has 0 saturated heterocycles. The lowest BCUT2D eigenvalue weighted by molar-refractivity contribution is 0.101. The summed E-state index contributed by atoms with van der Waals surface area (Å²) in [6, 6.07) is 10.5. The molecule has 7 nitrogen and oxygen atoms in total. The third-order valence-electron chi connectivity index (χ3n) is 3.64. The molecule has 0 spiro atoms. The molecule has 0 aliphatic rings. The third-order valence-corrected chi connectivity index (χ3v) is 3.64. The standard InChI is InChI=1S/C19H17N5O2/c1-13(25)15-4-6-17(7-5-15)24-18(26)16-11-22-19(23-12-16)21-10-14-3-2-8-20-9-14/h2-9,11-12H,10H2,1H3,(H,24,26)(H,21,22,23). The number of rotatable bonds is 6. The van der Waals surface area contributed by atoms with Crippen LogP contribution in [0.1, 0.15) is 33.2 Å². The molecule has 0 radical (unpaired) electrons. The summed E-state index contributed by atoms with van der Waals surface area (Å²) in [6.07, 6.45) is 6.38. The van der Waals surface area contributed by atoms with Gasteiger partial charge in [-0.15, -0.1) is 0 Å². The maximum absolute atomic E-state index is 12.2. The Hall–Kier alpha value is -3.61. The van der Waals surface area contributed by atoms with E-state index in [1.807, 2.05) is 12.1 Å². The van der Waals surface area contributed by atoms with Crippen molar-refractivity contribution in [3.05, 3.63) is 77.9 Å². The molecule has 130 valence electrons. The van der Waals surface area contributed by atoms with Crippen molar-refractivity contribution in [1.29, 1.82) is 0 Å². The molecule has 0 aliphatic carbocycles. The van der Waals surface area contributed by atoms with Gasteiger partial charge in [0, 0.05) is 42.6 Å². The van der Waals surface area contributed by atoms with Crippen LogP contribution in [-0.2, 0) is 6.54 Å². The minimum absolute atomic E-state index is 0.0225. The SMILES string of the molecule is CC(=O)c1ccc(NC(=O)c2cnc(NCc3cccnc3)nc2)cc1. The molecule has 0 atom stereocenters. The maximum Gasteiger partial charge on any atom is 0.258 e. The summed E-state index contributed by atoms with van der Waals surface area (Å²) in [4.78, 5) is 35.8. The molecular weight excluding hydrogens is 330 g/mol. The van der Waals surface area contributed by atoms with Gasteiger partial charge < -0.3 is 10.6 Å². The summed E-state index contributed by atoms with van der Waals surface area (Å²) in [5.74, 6) is 0.0845. The molecule has 2 aromatic heterocycles. The average Bonchev–Trinajstić information content (AvgIpc) is 2.68. The van der Waals surface area contributed by atoms with E-state index in [0.29, 0.717) is 29.3 Å². The van der Waals surface area contributed by atoms with Crippen LogP contribution in [0.3, 0.4) is 0 Å². The number of amides is 1. The quantitative estimate of drug-likeness (QED) is 0.666. The summed E-state index contributed by atoms with van der Waals surface area (Å²) < 4.78 is 0. The number of hydrogen-bond acceptors (Lipinski definition) is 6. The molecule has 0 unspecified atom stereocenters. The number of ketones is 1. The molecule has 2 heterocycles. The molecule has 26 heavy (non-hydrogen) atoms. The Labute approximate surface area is 150 Å². The van der Waals surface area contributed by atoms with Gasteiger partial charge in [0.2, 0.25) is 5.95 Å². The van der Waals surface area contributed by atoms with E-state index in [0.717, 1.165) is 5.56 Å². The minimum Gasteiger partial charge on any atom is -0.350 e. The predicted molar refractivity (Wildman–Crippen MR) is 98.0 cm³/mol. The first-order valence-electron chi connectivity index (χ1n) is 7.99. The number of pyridine rings is 1. The van der Waals surface area contributed by atoms with E-state index in [1.165, 1.54) is 19.3 Å².